The quantitative estimate of drug-likeness (QED) is 0.885. The summed E-state index contributed by atoms with van der Waals surface area (Å²) in [7, 11) is 0. The lowest BCUT2D eigenvalue weighted by Gasteiger charge is -2.22. The largest absolute Gasteiger partial charge is 0.349 e. The van der Waals surface area contributed by atoms with Gasteiger partial charge in [-0.25, -0.2) is 0 Å². The van der Waals surface area contributed by atoms with Gasteiger partial charge in [-0.2, -0.15) is 0 Å². The van der Waals surface area contributed by atoms with Gasteiger partial charge in [0.15, 0.2) is 0 Å². The Balaban J connectivity index is 1.77. The minimum atomic E-state index is 0.0887. The Bertz CT molecular complexity index is 570. The molecule has 1 aliphatic rings. The van der Waals surface area contributed by atoms with Gasteiger partial charge >= 0.3 is 0 Å². The number of carbonyl (C=O) groups excluding carboxylic acids is 1. The molecule has 0 spiro atoms. The molecular formula is C17H19NOS. The molecule has 0 bridgehead atoms. The summed E-state index contributed by atoms with van der Waals surface area (Å²) in [4.78, 5) is 13.3. The maximum Gasteiger partial charge on any atom is 0.262 e. The molecule has 104 valence electrons. The van der Waals surface area contributed by atoms with E-state index in [-0.39, 0.29) is 5.91 Å². The zero-order valence-corrected chi connectivity index (χ0v) is 12.3. The zero-order valence-electron chi connectivity index (χ0n) is 11.5. The molecule has 1 N–H and O–H groups in total. The SMILES string of the molecule is O=C(NC1CCCCC1)c1sccc1-c1ccccc1. The number of rotatable bonds is 3. The van der Waals surface area contributed by atoms with Crippen molar-refractivity contribution in [2.45, 2.75) is 38.1 Å². The van der Waals surface area contributed by atoms with Gasteiger partial charge in [0.2, 0.25) is 0 Å². The fraction of sp³-hybridized carbons (Fsp3) is 0.353. The molecule has 20 heavy (non-hydrogen) atoms. The van der Waals surface area contributed by atoms with E-state index in [2.05, 4.69) is 17.4 Å². The van der Waals surface area contributed by atoms with Crippen molar-refractivity contribution in [1.82, 2.24) is 5.32 Å². The summed E-state index contributed by atoms with van der Waals surface area (Å²) in [6.07, 6.45) is 6.03. The van der Waals surface area contributed by atoms with Crippen LogP contribution >= 0.6 is 11.3 Å². The molecule has 1 heterocycles. The number of nitrogens with one attached hydrogen (secondary N) is 1. The third-order valence-electron chi connectivity index (χ3n) is 3.90. The molecule has 1 aromatic carbocycles. The molecule has 1 saturated carbocycles. The highest BCUT2D eigenvalue weighted by molar-refractivity contribution is 7.12. The third kappa shape index (κ3) is 2.93. The highest BCUT2D eigenvalue weighted by Gasteiger charge is 2.19. The maximum absolute atomic E-state index is 12.5. The van der Waals surface area contributed by atoms with Crippen LogP contribution in [0.1, 0.15) is 41.8 Å². The van der Waals surface area contributed by atoms with Gasteiger partial charge < -0.3 is 5.32 Å². The van der Waals surface area contributed by atoms with Crippen molar-refractivity contribution in [3.8, 4) is 11.1 Å². The lowest BCUT2D eigenvalue weighted by Crippen LogP contribution is -2.35. The van der Waals surface area contributed by atoms with Crippen LogP contribution in [0.25, 0.3) is 11.1 Å². The Morgan fingerprint density at radius 1 is 1.05 bits per heavy atom. The van der Waals surface area contributed by atoms with Crippen LogP contribution in [-0.2, 0) is 0 Å². The number of hydrogen-bond donors (Lipinski definition) is 1. The summed E-state index contributed by atoms with van der Waals surface area (Å²) in [5, 5.41) is 5.20. The van der Waals surface area contributed by atoms with Crippen LogP contribution < -0.4 is 5.32 Å². The van der Waals surface area contributed by atoms with Crippen molar-refractivity contribution < 1.29 is 4.79 Å². The van der Waals surface area contributed by atoms with Crippen LogP contribution in [0, 0.1) is 0 Å². The van der Waals surface area contributed by atoms with Gasteiger partial charge in [0.25, 0.3) is 5.91 Å². The van der Waals surface area contributed by atoms with Crippen LogP contribution in [0.2, 0.25) is 0 Å². The van der Waals surface area contributed by atoms with E-state index >= 15 is 0 Å². The van der Waals surface area contributed by atoms with E-state index in [1.165, 1.54) is 30.6 Å². The smallest absolute Gasteiger partial charge is 0.262 e. The van der Waals surface area contributed by atoms with Crippen molar-refractivity contribution >= 4 is 17.2 Å². The number of amides is 1. The lowest BCUT2D eigenvalue weighted by atomic mass is 9.95. The highest BCUT2D eigenvalue weighted by atomic mass is 32.1. The van der Waals surface area contributed by atoms with E-state index in [1.54, 1.807) is 0 Å². The molecular weight excluding hydrogens is 266 g/mol. The Morgan fingerprint density at radius 3 is 2.55 bits per heavy atom. The van der Waals surface area contributed by atoms with E-state index in [4.69, 9.17) is 0 Å². The number of carbonyl (C=O) groups is 1. The number of hydrogen-bond acceptors (Lipinski definition) is 2. The van der Waals surface area contributed by atoms with E-state index < -0.39 is 0 Å². The molecule has 3 heteroatoms. The lowest BCUT2D eigenvalue weighted by molar-refractivity contribution is 0.0932. The standard InChI is InChI=1S/C17H19NOS/c19-17(18-14-9-5-2-6-10-14)16-15(11-12-20-16)13-7-3-1-4-8-13/h1,3-4,7-8,11-12,14H,2,5-6,9-10H2,(H,18,19). The van der Waals surface area contributed by atoms with E-state index in [9.17, 15) is 4.79 Å². The Hall–Kier alpha value is -1.61. The van der Waals surface area contributed by atoms with E-state index in [0.29, 0.717) is 6.04 Å². The Labute approximate surface area is 123 Å². The monoisotopic (exact) mass is 285 g/mol. The minimum absolute atomic E-state index is 0.0887. The van der Waals surface area contributed by atoms with Crippen molar-refractivity contribution in [1.29, 1.82) is 0 Å². The van der Waals surface area contributed by atoms with Crippen LogP contribution in [0.3, 0.4) is 0 Å². The van der Waals surface area contributed by atoms with Crippen molar-refractivity contribution in [3.05, 3.63) is 46.7 Å². The van der Waals surface area contributed by atoms with Gasteiger partial charge in [0.1, 0.15) is 0 Å². The fourth-order valence-corrected chi connectivity index (χ4v) is 3.65. The second-order valence-corrected chi connectivity index (χ2v) is 6.25. The normalized spacial score (nSPS) is 16.0. The van der Waals surface area contributed by atoms with Gasteiger partial charge in [-0.15, -0.1) is 11.3 Å². The van der Waals surface area contributed by atoms with Crippen molar-refractivity contribution in [2.24, 2.45) is 0 Å². The predicted molar refractivity (Wildman–Crippen MR) is 84.1 cm³/mol. The summed E-state index contributed by atoms with van der Waals surface area (Å²) < 4.78 is 0. The molecule has 0 atom stereocenters. The van der Waals surface area contributed by atoms with Crippen LogP contribution in [0.15, 0.2) is 41.8 Å². The van der Waals surface area contributed by atoms with Gasteiger partial charge in [-0.3, -0.25) is 4.79 Å². The summed E-state index contributed by atoms with van der Waals surface area (Å²) >= 11 is 1.53. The van der Waals surface area contributed by atoms with Gasteiger partial charge in [0.05, 0.1) is 4.88 Å². The molecule has 0 unspecified atom stereocenters. The van der Waals surface area contributed by atoms with Gasteiger partial charge in [-0.1, -0.05) is 49.6 Å². The second kappa shape index (κ2) is 6.23. The van der Waals surface area contributed by atoms with E-state index in [0.717, 1.165) is 28.8 Å². The van der Waals surface area contributed by atoms with Crippen molar-refractivity contribution in [2.75, 3.05) is 0 Å². The fourth-order valence-electron chi connectivity index (χ4n) is 2.83. The van der Waals surface area contributed by atoms with Crippen LogP contribution in [0.4, 0.5) is 0 Å². The first kappa shape index (κ1) is 13.4. The molecule has 0 radical (unpaired) electrons. The Morgan fingerprint density at radius 2 is 1.80 bits per heavy atom. The second-order valence-electron chi connectivity index (χ2n) is 5.34. The molecule has 2 nitrogen and oxygen atoms in total. The predicted octanol–water partition coefficient (Wildman–Crippen LogP) is 4.48. The first-order chi connectivity index (χ1) is 9.84. The molecule has 0 aliphatic heterocycles. The molecule has 1 amide bonds. The summed E-state index contributed by atoms with van der Waals surface area (Å²) in [6, 6.07) is 12.5. The van der Waals surface area contributed by atoms with Gasteiger partial charge in [-0.05, 0) is 29.9 Å². The molecule has 0 saturated heterocycles. The average molecular weight is 285 g/mol. The van der Waals surface area contributed by atoms with Crippen LogP contribution in [-0.4, -0.2) is 11.9 Å². The summed E-state index contributed by atoms with van der Waals surface area (Å²) in [5.74, 6) is 0.0887. The minimum Gasteiger partial charge on any atom is -0.349 e. The first-order valence-corrected chi connectivity index (χ1v) is 8.16. The molecule has 2 aromatic rings. The maximum atomic E-state index is 12.5. The first-order valence-electron chi connectivity index (χ1n) is 7.28. The number of benzene rings is 1. The topological polar surface area (TPSA) is 29.1 Å². The average Bonchev–Trinajstić information content (AvgIpc) is 2.99. The third-order valence-corrected chi connectivity index (χ3v) is 4.81. The van der Waals surface area contributed by atoms with E-state index in [1.807, 2.05) is 29.6 Å². The molecule has 3 rings (SSSR count). The van der Waals surface area contributed by atoms with Crippen LogP contribution in [0.5, 0.6) is 0 Å². The Kier molecular flexibility index (Phi) is 4.16. The van der Waals surface area contributed by atoms with Gasteiger partial charge in [0, 0.05) is 11.6 Å². The highest BCUT2D eigenvalue weighted by Crippen LogP contribution is 2.28. The summed E-state index contributed by atoms with van der Waals surface area (Å²) in [6.45, 7) is 0. The van der Waals surface area contributed by atoms with Crippen molar-refractivity contribution in [3.63, 3.8) is 0 Å². The molecule has 1 aliphatic carbocycles. The zero-order chi connectivity index (χ0) is 13.8. The summed E-state index contributed by atoms with van der Waals surface area (Å²) in [5.41, 5.74) is 2.16. The molecule has 1 fully saturated rings. The molecule has 1 aromatic heterocycles. The number of thiophene rings is 1.